The maximum Gasteiger partial charge on any atom is 0.311 e. The molecule has 2 fully saturated rings. The average molecular weight is 525 g/mol. The van der Waals surface area contributed by atoms with E-state index in [9.17, 15) is 19.5 Å². The number of carbonyl (C=O) groups excluding carboxylic acids is 3. The molecule has 1 N–H and O–H groups in total. The maximum atomic E-state index is 14.7. The minimum atomic E-state index is -0.958. The second-order valence-electron chi connectivity index (χ2n) is 11.0. The minimum Gasteiger partial charge on any atom is -0.461 e. The topological polar surface area (TPSA) is 87.2 Å². The summed E-state index contributed by atoms with van der Waals surface area (Å²) in [6.45, 7) is 10.2. The summed E-state index contributed by atoms with van der Waals surface area (Å²) in [6, 6.07) is 4.55. The van der Waals surface area contributed by atoms with Gasteiger partial charge in [-0.15, -0.1) is 11.8 Å². The van der Waals surface area contributed by atoms with Gasteiger partial charge in [0.15, 0.2) is 0 Å². The third-order valence-electron chi connectivity index (χ3n) is 8.81. The van der Waals surface area contributed by atoms with Crippen LogP contribution in [0, 0.1) is 31.6 Å². The highest BCUT2D eigenvalue weighted by molar-refractivity contribution is 8.02. The number of para-hydroxylation sites is 1. The van der Waals surface area contributed by atoms with E-state index < -0.39 is 39.4 Å². The fourth-order valence-corrected chi connectivity index (χ4v) is 9.04. The molecule has 1 aromatic carbocycles. The fraction of sp³-hybridized carbons (Fsp3) is 0.552. The van der Waals surface area contributed by atoms with E-state index in [4.69, 9.17) is 4.74 Å². The highest BCUT2D eigenvalue weighted by Gasteiger charge is 2.74. The number of hydrogen-bond acceptors (Lipinski definition) is 6. The number of esters is 1. The molecular weight excluding hydrogens is 488 g/mol. The first kappa shape index (κ1) is 26.0. The Morgan fingerprint density at radius 2 is 1.81 bits per heavy atom. The lowest BCUT2D eigenvalue weighted by molar-refractivity contribution is -0.153. The van der Waals surface area contributed by atoms with Crippen LogP contribution in [-0.2, 0) is 19.1 Å². The zero-order chi connectivity index (χ0) is 26.7. The first-order chi connectivity index (χ1) is 17.6. The molecule has 0 saturated carbocycles. The molecule has 0 radical (unpaired) electrons. The Morgan fingerprint density at radius 1 is 1.11 bits per heavy atom. The number of cyclic esters (lactones) is 1. The smallest absolute Gasteiger partial charge is 0.311 e. The maximum absolute atomic E-state index is 14.7. The standard InChI is InChI=1S/C29H36N2O5S/c1-6-17(2)20(16-32)31-24-26(34)30(23-18(3)10-7-11-19(23)4)14-8-13-29(24)21(25(31)33)22-27(35)36-15-9-12-28(22,5)37-29/h7-13,17,20-22,24,32H,6,14-16H2,1-5H3/t17-,20-,21-,22+,24?,28-,29-/m0/s1. The van der Waals surface area contributed by atoms with Crippen LogP contribution in [0.3, 0.4) is 0 Å². The van der Waals surface area contributed by atoms with Crippen LogP contribution in [0.5, 0.6) is 0 Å². The Labute approximate surface area is 222 Å². The van der Waals surface area contributed by atoms with E-state index in [0.29, 0.717) is 6.54 Å². The van der Waals surface area contributed by atoms with E-state index in [-0.39, 0.29) is 30.9 Å². The average Bonchev–Trinajstić information content (AvgIpc) is 3.11. The summed E-state index contributed by atoms with van der Waals surface area (Å²) >= 11 is 1.53. The van der Waals surface area contributed by atoms with E-state index in [1.54, 1.807) is 9.80 Å². The molecule has 1 aromatic rings. The molecule has 1 unspecified atom stereocenters. The van der Waals surface area contributed by atoms with Crippen molar-refractivity contribution in [2.75, 3.05) is 24.7 Å². The van der Waals surface area contributed by atoms with Crippen LogP contribution in [0.15, 0.2) is 42.5 Å². The Bertz CT molecular complexity index is 1180. The van der Waals surface area contributed by atoms with Crippen molar-refractivity contribution in [3.63, 3.8) is 0 Å². The van der Waals surface area contributed by atoms with Gasteiger partial charge in [0.05, 0.1) is 29.2 Å². The zero-order valence-corrected chi connectivity index (χ0v) is 23.0. The van der Waals surface area contributed by atoms with Crippen LogP contribution >= 0.6 is 11.8 Å². The molecule has 0 aliphatic carbocycles. The molecule has 7 atom stereocenters. The summed E-state index contributed by atoms with van der Waals surface area (Å²) in [5.74, 6) is -2.35. The summed E-state index contributed by atoms with van der Waals surface area (Å²) in [6.07, 6.45) is 8.52. The van der Waals surface area contributed by atoms with Gasteiger partial charge in [0.2, 0.25) is 5.91 Å². The number of rotatable bonds is 5. The Hall–Kier alpha value is -2.58. The van der Waals surface area contributed by atoms with Gasteiger partial charge in [0.1, 0.15) is 12.6 Å². The van der Waals surface area contributed by atoms with Crippen molar-refractivity contribution in [3.8, 4) is 0 Å². The molecule has 4 aliphatic heterocycles. The highest BCUT2D eigenvalue weighted by atomic mass is 32.2. The number of likely N-dealkylation sites (tertiary alicyclic amines) is 1. The van der Waals surface area contributed by atoms with Crippen molar-refractivity contribution in [2.45, 2.75) is 62.6 Å². The summed E-state index contributed by atoms with van der Waals surface area (Å²) in [5, 5.41) is 10.5. The second kappa shape index (κ2) is 9.31. The monoisotopic (exact) mass is 524 g/mol. The summed E-state index contributed by atoms with van der Waals surface area (Å²) < 4.78 is 3.86. The van der Waals surface area contributed by atoms with E-state index in [2.05, 4.69) is 0 Å². The molecule has 8 heteroatoms. The number of nitrogens with zero attached hydrogens (tertiary/aromatic N) is 2. The molecule has 2 amide bonds. The summed E-state index contributed by atoms with van der Waals surface area (Å²) in [7, 11) is 0. The third kappa shape index (κ3) is 3.70. The quantitative estimate of drug-likeness (QED) is 0.469. The van der Waals surface area contributed by atoms with Gasteiger partial charge in [-0.1, -0.05) is 56.7 Å². The molecule has 0 bridgehead atoms. The molecule has 37 heavy (non-hydrogen) atoms. The molecule has 198 valence electrons. The van der Waals surface area contributed by atoms with Crippen LogP contribution in [0.1, 0.15) is 38.3 Å². The van der Waals surface area contributed by atoms with Crippen LogP contribution < -0.4 is 4.90 Å². The molecule has 4 aliphatic rings. The lowest BCUT2D eigenvalue weighted by Gasteiger charge is -2.41. The van der Waals surface area contributed by atoms with Crippen molar-refractivity contribution in [1.29, 1.82) is 0 Å². The SMILES string of the molecule is CC[C@H](C)[C@H](CO)N1C(=O)[C@@H]2[C@@H]3C(=O)OCC=C[C@]3(C)S[C@@]23C=CCN(c2c(C)cccc2C)C(=O)C13. The fourth-order valence-electron chi connectivity index (χ4n) is 6.90. The lowest BCUT2D eigenvalue weighted by atomic mass is 9.75. The van der Waals surface area contributed by atoms with Gasteiger partial charge < -0.3 is 19.6 Å². The predicted octanol–water partition coefficient (Wildman–Crippen LogP) is 3.41. The van der Waals surface area contributed by atoms with E-state index >= 15 is 0 Å². The number of ether oxygens (including phenoxy) is 1. The minimum absolute atomic E-state index is 0.0316. The van der Waals surface area contributed by atoms with Crippen LogP contribution in [0.4, 0.5) is 5.69 Å². The van der Waals surface area contributed by atoms with Gasteiger partial charge in [-0.05, 0) is 43.9 Å². The highest BCUT2D eigenvalue weighted by Crippen LogP contribution is 2.66. The van der Waals surface area contributed by atoms with Gasteiger partial charge in [-0.25, -0.2) is 0 Å². The number of benzene rings is 1. The van der Waals surface area contributed by atoms with Crippen molar-refractivity contribution >= 4 is 35.2 Å². The Balaban J connectivity index is 1.72. The number of amides is 2. The molecule has 4 heterocycles. The van der Waals surface area contributed by atoms with E-state index in [0.717, 1.165) is 23.2 Å². The first-order valence-electron chi connectivity index (χ1n) is 13.1. The molecule has 7 nitrogen and oxygen atoms in total. The number of hydrogen-bond donors (Lipinski definition) is 1. The summed E-state index contributed by atoms with van der Waals surface area (Å²) in [5.41, 5.74) is 2.80. The third-order valence-corrected chi connectivity index (χ3v) is 10.6. The summed E-state index contributed by atoms with van der Waals surface area (Å²) in [4.78, 5) is 45.8. The van der Waals surface area contributed by atoms with Gasteiger partial charge >= 0.3 is 5.97 Å². The van der Waals surface area contributed by atoms with Gasteiger partial charge in [-0.2, -0.15) is 0 Å². The largest absolute Gasteiger partial charge is 0.461 e. The molecule has 5 rings (SSSR count). The molecule has 0 aromatic heterocycles. The van der Waals surface area contributed by atoms with E-state index in [1.807, 2.05) is 77.1 Å². The number of thioether (sulfide) groups is 1. The first-order valence-corrected chi connectivity index (χ1v) is 14.0. The predicted molar refractivity (Wildman–Crippen MR) is 144 cm³/mol. The number of aliphatic hydroxyl groups excluding tert-OH is 1. The van der Waals surface area contributed by atoms with Gasteiger partial charge in [0.25, 0.3) is 5.91 Å². The van der Waals surface area contributed by atoms with Crippen molar-refractivity contribution in [3.05, 3.63) is 53.6 Å². The molecule has 1 spiro atoms. The number of aliphatic hydroxyl groups is 1. The van der Waals surface area contributed by atoms with Crippen molar-refractivity contribution < 1.29 is 24.2 Å². The molecule has 2 saturated heterocycles. The van der Waals surface area contributed by atoms with Crippen molar-refractivity contribution in [2.24, 2.45) is 17.8 Å². The number of aryl methyl sites for hydroxylation is 2. The van der Waals surface area contributed by atoms with Crippen LogP contribution in [-0.4, -0.2) is 69.1 Å². The van der Waals surface area contributed by atoms with Crippen LogP contribution in [0.2, 0.25) is 0 Å². The molecular formula is C29H36N2O5S. The Morgan fingerprint density at radius 3 is 2.46 bits per heavy atom. The normalized spacial score (nSPS) is 34.4. The van der Waals surface area contributed by atoms with Gasteiger partial charge in [-0.3, -0.25) is 14.4 Å². The zero-order valence-electron chi connectivity index (χ0n) is 22.1. The number of carbonyl (C=O) groups is 3. The Kier molecular flexibility index (Phi) is 6.55. The lowest BCUT2D eigenvalue weighted by Crippen LogP contribution is -2.58. The second-order valence-corrected chi connectivity index (χ2v) is 12.8. The van der Waals surface area contributed by atoms with E-state index in [1.165, 1.54) is 11.8 Å². The van der Waals surface area contributed by atoms with Crippen molar-refractivity contribution in [1.82, 2.24) is 4.90 Å². The van der Waals surface area contributed by atoms with Gasteiger partial charge in [0, 0.05) is 17.0 Å². The number of anilines is 1. The van der Waals surface area contributed by atoms with Crippen LogP contribution in [0.25, 0.3) is 0 Å². The number of fused-ring (bicyclic) bond motifs is 2.